The lowest BCUT2D eigenvalue weighted by molar-refractivity contribution is -0.146. The van der Waals surface area contributed by atoms with E-state index in [0.717, 1.165) is 43.9 Å². The summed E-state index contributed by atoms with van der Waals surface area (Å²) in [5.41, 5.74) is 8.80. The van der Waals surface area contributed by atoms with Crippen LogP contribution in [-0.2, 0) is 14.4 Å². The van der Waals surface area contributed by atoms with Crippen LogP contribution in [0.1, 0.15) is 91.4 Å². The summed E-state index contributed by atoms with van der Waals surface area (Å²) in [6.45, 7) is 9.73. The van der Waals surface area contributed by atoms with Gasteiger partial charge in [0.1, 0.15) is 24.0 Å². The average Bonchev–Trinajstić information content (AvgIpc) is 4.10. The number of aliphatic hydroxyl groups is 1. The molecule has 1 saturated heterocycles. The number of aryl methyl sites for hydroxylation is 1. The molecule has 3 aromatic heterocycles. The first-order valence-corrected chi connectivity index (χ1v) is 24.3. The number of hydrogen-bond donors (Lipinski definition) is 6. The largest absolute Gasteiger partial charge is 0.391 e. The quantitative estimate of drug-likeness (QED) is 0.0477. The molecule has 15 nitrogen and oxygen atoms in total. The van der Waals surface area contributed by atoms with Crippen LogP contribution in [0.4, 0.5) is 17.2 Å². The molecule has 7 aromatic rings. The predicted molar refractivity (Wildman–Crippen MR) is 273 cm³/mol. The van der Waals surface area contributed by atoms with E-state index in [1.165, 1.54) is 11.2 Å². The second kappa shape index (κ2) is 21.4. The van der Waals surface area contributed by atoms with Gasteiger partial charge >= 0.3 is 0 Å². The molecule has 0 saturated carbocycles. The van der Waals surface area contributed by atoms with Gasteiger partial charge in [-0.25, -0.2) is 15.0 Å². The van der Waals surface area contributed by atoms with Gasteiger partial charge in [-0.2, -0.15) is 0 Å². The molecular weight excluding hydrogens is 903 g/mol. The van der Waals surface area contributed by atoms with Gasteiger partial charge in [-0.1, -0.05) is 69.3 Å². The number of carbonyl (C=O) groups excluding carboxylic acids is 5. The lowest BCUT2D eigenvalue weighted by Crippen LogP contribution is -2.50. The number of thiazole rings is 1. The van der Waals surface area contributed by atoms with E-state index in [0.29, 0.717) is 34.7 Å². The van der Waals surface area contributed by atoms with Crippen molar-refractivity contribution < 1.29 is 29.1 Å². The van der Waals surface area contributed by atoms with Crippen LogP contribution in [0, 0.1) is 18.3 Å². The van der Waals surface area contributed by atoms with Gasteiger partial charge in [0, 0.05) is 89.5 Å². The van der Waals surface area contributed by atoms with E-state index in [1.807, 2.05) is 113 Å². The topological polar surface area (TPSA) is 211 Å². The normalized spacial score (nSPS) is 15.5. The molecule has 1 aliphatic rings. The van der Waals surface area contributed by atoms with Crippen LogP contribution in [0.25, 0.3) is 32.6 Å². The van der Waals surface area contributed by atoms with Gasteiger partial charge in [0.2, 0.25) is 11.8 Å². The standard InChI is InChI=1S/C54H57N9O6S/c1-32(34-15-17-35(18-16-34)49-33(2)59-31-70-49)60-52(68)47-26-41(65)29-63(47)53(69)44(54(3,4)5)25-40(64)12-9-23-55-50(66)36-19-21-37(22-20-36)51(67)62-39-11-8-10-38(24-39)61-48-27-46(57-30-58-48)43-28-56-45-14-7-6-13-42(43)45/h6-8,10-11,13-22,24,27-28,30-32,41,44,47,56,65H,9,12,23,25-26,29H2,1-5H3,(H,55,66)(H,60,68)(H,62,67)(H,57,58,61)/t32-,41+,44+,47?/m0/s1. The molecule has 1 aliphatic heterocycles. The fraction of sp³-hybridized carbons (Fsp3) is 0.296. The number of hydrogen-bond acceptors (Lipinski definition) is 11. The summed E-state index contributed by atoms with van der Waals surface area (Å²) in [4.78, 5) is 86.5. The van der Waals surface area contributed by atoms with Gasteiger partial charge < -0.3 is 36.3 Å². The molecule has 4 amide bonds. The smallest absolute Gasteiger partial charge is 0.255 e. The Morgan fingerprint density at radius 3 is 2.33 bits per heavy atom. The van der Waals surface area contributed by atoms with Gasteiger partial charge in [0.25, 0.3) is 11.8 Å². The summed E-state index contributed by atoms with van der Waals surface area (Å²) in [5.74, 6) is -1.71. The first kappa shape index (κ1) is 48.9. The first-order valence-electron chi connectivity index (χ1n) is 23.4. The number of benzene rings is 4. The maximum atomic E-state index is 14.2. The zero-order valence-corrected chi connectivity index (χ0v) is 40.6. The van der Waals surface area contributed by atoms with Crippen molar-refractivity contribution in [1.82, 2.24) is 35.5 Å². The predicted octanol–water partition coefficient (Wildman–Crippen LogP) is 9.02. The van der Waals surface area contributed by atoms with Gasteiger partial charge in [-0.15, -0.1) is 11.3 Å². The van der Waals surface area contributed by atoms with E-state index < -0.39 is 23.5 Å². The van der Waals surface area contributed by atoms with Crippen LogP contribution in [0.2, 0.25) is 0 Å². The van der Waals surface area contributed by atoms with Crippen molar-refractivity contribution in [1.29, 1.82) is 0 Å². The Labute approximate surface area is 410 Å². The highest BCUT2D eigenvalue weighted by atomic mass is 32.1. The number of likely N-dealkylation sites (tertiary alicyclic amines) is 1. The maximum Gasteiger partial charge on any atom is 0.255 e. The summed E-state index contributed by atoms with van der Waals surface area (Å²) in [7, 11) is 0. The molecule has 4 aromatic carbocycles. The van der Waals surface area contributed by atoms with E-state index in [-0.39, 0.29) is 67.8 Å². The Morgan fingerprint density at radius 2 is 1.60 bits per heavy atom. The fourth-order valence-electron chi connectivity index (χ4n) is 8.74. The van der Waals surface area contributed by atoms with Crippen LogP contribution < -0.4 is 21.3 Å². The minimum absolute atomic E-state index is 0.000956. The van der Waals surface area contributed by atoms with E-state index in [2.05, 4.69) is 41.2 Å². The molecule has 0 radical (unpaired) electrons. The summed E-state index contributed by atoms with van der Waals surface area (Å²) >= 11 is 1.57. The molecule has 0 bridgehead atoms. The van der Waals surface area contributed by atoms with Crippen LogP contribution in [0.5, 0.6) is 0 Å². The van der Waals surface area contributed by atoms with E-state index >= 15 is 0 Å². The number of para-hydroxylation sites is 1. The average molecular weight is 960 g/mol. The lowest BCUT2D eigenvalue weighted by atomic mass is 9.76. The zero-order chi connectivity index (χ0) is 49.5. The number of ketones is 1. The Hall–Kier alpha value is -7.56. The van der Waals surface area contributed by atoms with Crippen LogP contribution >= 0.6 is 11.3 Å². The number of anilines is 3. The third-order valence-corrected chi connectivity index (χ3v) is 13.6. The molecule has 16 heteroatoms. The SMILES string of the molecule is Cc1ncsc1-c1ccc([C@H](C)NC(=O)C2C[C@@H](O)CN2C(=O)[C@@H](CC(=O)CCCNC(=O)c2ccc(C(=O)Nc3cccc(Nc4cc(-c5c[nH]c6ccccc56)ncn4)c3)cc2)C(C)(C)C)cc1. The molecule has 4 heterocycles. The number of H-pyrrole nitrogens is 1. The highest BCUT2D eigenvalue weighted by molar-refractivity contribution is 7.13. The maximum absolute atomic E-state index is 14.2. The lowest BCUT2D eigenvalue weighted by Gasteiger charge is -2.35. The molecule has 6 N–H and O–H groups in total. The monoisotopic (exact) mass is 959 g/mol. The van der Waals surface area contributed by atoms with Crippen molar-refractivity contribution >= 4 is 68.8 Å². The molecule has 8 rings (SSSR count). The number of β-amino-alcohol motifs (C(OH)–C–C–N with tert-alkyl or cyclic N) is 1. The van der Waals surface area contributed by atoms with Gasteiger partial charge in [-0.3, -0.25) is 24.0 Å². The van der Waals surface area contributed by atoms with Crippen LogP contribution in [-0.4, -0.2) is 84.6 Å². The third-order valence-electron chi connectivity index (χ3n) is 12.7. The van der Waals surface area contributed by atoms with E-state index in [9.17, 15) is 29.1 Å². The number of carbonyl (C=O) groups is 5. The van der Waals surface area contributed by atoms with Gasteiger partial charge in [0.15, 0.2) is 0 Å². The summed E-state index contributed by atoms with van der Waals surface area (Å²) in [6.07, 6.45) is 3.09. The van der Waals surface area contributed by atoms with Gasteiger partial charge in [0.05, 0.1) is 33.9 Å². The summed E-state index contributed by atoms with van der Waals surface area (Å²) in [6, 6.07) is 30.1. The van der Waals surface area contributed by atoms with Crippen molar-refractivity contribution in [2.75, 3.05) is 23.7 Å². The van der Waals surface area contributed by atoms with Crippen LogP contribution in [0.15, 0.2) is 121 Å². The Balaban J connectivity index is 0.790. The number of nitrogens with zero attached hydrogens (tertiary/aromatic N) is 4. The number of fused-ring (bicyclic) bond motifs is 1. The molecule has 1 fully saturated rings. The number of nitrogens with one attached hydrogen (secondary N) is 5. The first-order chi connectivity index (χ1) is 33.6. The molecule has 70 heavy (non-hydrogen) atoms. The minimum atomic E-state index is -0.883. The zero-order valence-electron chi connectivity index (χ0n) is 39.8. The number of aromatic nitrogens is 4. The molecule has 360 valence electrons. The van der Waals surface area contributed by atoms with E-state index in [1.54, 1.807) is 47.7 Å². The third kappa shape index (κ3) is 11.6. The fourth-order valence-corrected chi connectivity index (χ4v) is 9.55. The van der Waals surface area contributed by atoms with E-state index in [4.69, 9.17) is 0 Å². The number of Topliss-reactive ketones (excluding diaryl/α,β-unsaturated/α-hetero) is 1. The molecule has 4 atom stereocenters. The number of rotatable bonds is 17. The second-order valence-corrected chi connectivity index (χ2v) is 19.7. The summed E-state index contributed by atoms with van der Waals surface area (Å²) in [5, 5.41) is 23.8. The van der Waals surface area contributed by atoms with Crippen molar-refractivity contribution in [2.24, 2.45) is 11.3 Å². The molecule has 1 unspecified atom stereocenters. The summed E-state index contributed by atoms with van der Waals surface area (Å²) < 4.78 is 0. The Morgan fingerprint density at radius 1 is 0.871 bits per heavy atom. The molecule has 0 spiro atoms. The van der Waals surface area contributed by atoms with Crippen molar-refractivity contribution in [2.45, 2.75) is 78.5 Å². The Bertz CT molecular complexity index is 3020. The second-order valence-electron chi connectivity index (χ2n) is 18.8. The number of amides is 4. The van der Waals surface area contributed by atoms with Crippen molar-refractivity contribution in [3.63, 3.8) is 0 Å². The van der Waals surface area contributed by atoms with Crippen molar-refractivity contribution in [3.8, 4) is 21.7 Å². The number of aliphatic hydroxyl groups excluding tert-OH is 1. The molecular formula is C54H57N9O6S. The minimum Gasteiger partial charge on any atom is -0.391 e. The number of aromatic amines is 1. The van der Waals surface area contributed by atoms with Crippen LogP contribution in [0.3, 0.4) is 0 Å². The van der Waals surface area contributed by atoms with Gasteiger partial charge in [-0.05, 0) is 85.3 Å². The Kier molecular flexibility index (Phi) is 14.9. The van der Waals surface area contributed by atoms with Crippen molar-refractivity contribution in [3.05, 3.63) is 144 Å². The highest BCUT2D eigenvalue weighted by Gasteiger charge is 2.44. The highest BCUT2D eigenvalue weighted by Crippen LogP contribution is 2.35. The molecule has 0 aliphatic carbocycles.